The average Bonchev–Trinajstić information content (AvgIpc) is 3.47. The second-order valence-corrected chi connectivity index (χ2v) is 10.0. The van der Waals surface area contributed by atoms with E-state index in [2.05, 4.69) is 22.9 Å². The molecule has 35 heavy (non-hydrogen) atoms. The molecule has 3 heterocycles. The molecule has 1 aromatic heterocycles. The van der Waals surface area contributed by atoms with Crippen LogP contribution in [0.25, 0.3) is 0 Å². The zero-order valence-corrected chi connectivity index (χ0v) is 19.9. The van der Waals surface area contributed by atoms with Gasteiger partial charge < -0.3 is 5.32 Å². The molecule has 1 fully saturated rings. The van der Waals surface area contributed by atoms with Gasteiger partial charge >= 0.3 is 5.69 Å². The van der Waals surface area contributed by atoms with Crippen LogP contribution in [0, 0.1) is 5.92 Å². The summed E-state index contributed by atoms with van der Waals surface area (Å²) in [5, 5.41) is 3.31. The van der Waals surface area contributed by atoms with Crippen molar-refractivity contribution in [3.05, 3.63) is 105 Å². The Hall–Kier alpha value is -3.67. The van der Waals surface area contributed by atoms with Gasteiger partial charge in [-0.3, -0.25) is 18.9 Å². The number of rotatable bonds is 5. The first-order valence-electron chi connectivity index (χ1n) is 12.6. The van der Waals surface area contributed by atoms with Crippen LogP contribution in [0.2, 0.25) is 0 Å². The van der Waals surface area contributed by atoms with E-state index in [-0.39, 0.29) is 29.6 Å². The SMILES string of the molecule is C[C@@H]1CCCC[C@@H]1n1c2c(n(Cc3cccc(C(=O)c4ccccc4)c3)c1=O)C=NC1NC=CC21. The predicted octanol–water partition coefficient (Wildman–Crippen LogP) is 4.64. The fourth-order valence-electron chi connectivity index (χ4n) is 5.96. The van der Waals surface area contributed by atoms with E-state index in [9.17, 15) is 9.59 Å². The molecule has 6 rings (SSSR count). The summed E-state index contributed by atoms with van der Waals surface area (Å²) in [5.41, 5.74) is 4.22. The highest BCUT2D eigenvalue weighted by atomic mass is 16.2. The van der Waals surface area contributed by atoms with Crippen molar-refractivity contribution in [2.24, 2.45) is 10.9 Å². The van der Waals surface area contributed by atoms with Crippen molar-refractivity contribution in [1.82, 2.24) is 14.5 Å². The molecule has 2 unspecified atom stereocenters. The Bertz CT molecular complexity index is 1380. The molecule has 1 N–H and O–H groups in total. The van der Waals surface area contributed by atoms with Crippen molar-refractivity contribution in [1.29, 1.82) is 0 Å². The molecule has 3 aromatic rings. The molecule has 1 saturated carbocycles. The number of aliphatic imine (C=N–C) groups is 1. The van der Waals surface area contributed by atoms with Crippen molar-refractivity contribution < 1.29 is 4.79 Å². The minimum absolute atomic E-state index is 0.0120. The largest absolute Gasteiger partial charge is 0.369 e. The number of hydrogen-bond acceptors (Lipinski definition) is 4. The maximum Gasteiger partial charge on any atom is 0.329 e. The van der Waals surface area contributed by atoms with Crippen molar-refractivity contribution in [3.63, 3.8) is 0 Å². The Morgan fingerprint density at radius 1 is 1.06 bits per heavy atom. The van der Waals surface area contributed by atoms with Gasteiger partial charge in [0.1, 0.15) is 6.17 Å². The van der Waals surface area contributed by atoms with Crippen molar-refractivity contribution in [3.8, 4) is 0 Å². The van der Waals surface area contributed by atoms with Crippen molar-refractivity contribution in [2.45, 2.75) is 57.3 Å². The lowest BCUT2D eigenvalue weighted by atomic mass is 9.85. The van der Waals surface area contributed by atoms with Gasteiger partial charge in [0.25, 0.3) is 0 Å². The van der Waals surface area contributed by atoms with Gasteiger partial charge in [-0.1, -0.05) is 74.4 Å². The maximum atomic E-state index is 14.0. The molecular formula is C29H30N4O2. The first-order valence-corrected chi connectivity index (χ1v) is 12.6. The van der Waals surface area contributed by atoms with Crippen LogP contribution in [0.5, 0.6) is 0 Å². The van der Waals surface area contributed by atoms with Gasteiger partial charge in [0, 0.05) is 23.4 Å². The second kappa shape index (κ2) is 8.84. The van der Waals surface area contributed by atoms with Gasteiger partial charge in [0.15, 0.2) is 5.78 Å². The Morgan fingerprint density at radius 3 is 2.69 bits per heavy atom. The summed E-state index contributed by atoms with van der Waals surface area (Å²) in [6, 6.07) is 17.2. The smallest absolute Gasteiger partial charge is 0.329 e. The van der Waals surface area contributed by atoms with Gasteiger partial charge in [-0.25, -0.2) is 4.79 Å². The lowest BCUT2D eigenvalue weighted by Gasteiger charge is -2.32. The first kappa shape index (κ1) is 21.8. The minimum Gasteiger partial charge on any atom is -0.369 e. The zero-order valence-electron chi connectivity index (χ0n) is 19.9. The van der Waals surface area contributed by atoms with Crippen LogP contribution in [0.3, 0.4) is 0 Å². The number of ketones is 1. The predicted molar refractivity (Wildman–Crippen MR) is 137 cm³/mol. The van der Waals surface area contributed by atoms with Crippen LogP contribution in [-0.2, 0) is 6.54 Å². The zero-order chi connectivity index (χ0) is 23.9. The highest BCUT2D eigenvalue weighted by Crippen LogP contribution is 2.38. The molecule has 2 aliphatic heterocycles. The summed E-state index contributed by atoms with van der Waals surface area (Å²) in [4.78, 5) is 31.7. The monoisotopic (exact) mass is 466 g/mol. The molecule has 1 aliphatic carbocycles. The highest BCUT2D eigenvalue weighted by molar-refractivity contribution is 6.09. The van der Waals surface area contributed by atoms with Crippen molar-refractivity contribution in [2.75, 3.05) is 0 Å². The number of fused-ring (bicyclic) bond motifs is 3. The van der Waals surface area contributed by atoms with Gasteiger partial charge in [0.05, 0.1) is 23.9 Å². The number of aromatic nitrogens is 2. The summed E-state index contributed by atoms with van der Waals surface area (Å²) in [5.74, 6) is 0.509. The lowest BCUT2D eigenvalue weighted by Crippen LogP contribution is -2.35. The van der Waals surface area contributed by atoms with E-state index in [4.69, 9.17) is 4.99 Å². The van der Waals surface area contributed by atoms with Gasteiger partial charge in [0.2, 0.25) is 0 Å². The quantitative estimate of drug-likeness (QED) is 0.557. The molecule has 6 heteroatoms. The molecule has 3 aliphatic rings. The number of benzene rings is 2. The molecule has 178 valence electrons. The number of nitrogens with zero attached hydrogens (tertiary/aromatic N) is 3. The van der Waals surface area contributed by atoms with Crippen LogP contribution in [0.1, 0.15) is 77.4 Å². The third kappa shape index (κ3) is 3.77. The van der Waals surface area contributed by atoms with E-state index < -0.39 is 0 Å². The van der Waals surface area contributed by atoms with Crippen LogP contribution < -0.4 is 11.0 Å². The minimum atomic E-state index is -0.0466. The van der Waals surface area contributed by atoms with Crippen LogP contribution in [0.15, 0.2) is 76.7 Å². The molecule has 0 amide bonds. The van der Waals surface area contributed by atoms with Gasteiger partial charge in [-0.05, 0) is 36.6 Å². The maximum absolute atomic E-state index is 14.0. The number of hydrogen-bond donors (Lipinski definition) is 1. The number of nitrogens with one attached hydrogen (secondary N) is 1. The van der Waals surface area contributed by atoms with E-state index in [1.54, 1.807) is 0 Å². The number of imidazole rings is 1. The highest BCUT2D eigenvalue weighted by Gasteiger charge is 2.38. The summed E-state index contributed by atoms with van der Waals surface area (Å²) < 4.78 is 3.94. The third-order valence-electron chi connectivity index (χ3n) is 7.80. The fourth-order valence-corrected chi connectivity index (χ4v) is 5.96. The number of carbonyl (C=O) groups excluding carboxylic acids is 1. The lowest BCUT2D eigenvalue weighted by molar-refractivity contribution is 0.103. The number of carbonyl (C=O) groups is 1. The van der Waals surface area contributed by atoms with E-state index in [0.29, 0.717) is 23.6 Å². The van der Waals surface area contributed by atoms with E-state index >= 15 is 0 Å². The molecule has 4 atom stereocenters. The fraction of sp³-hybridized carbons (Fsp3) is 0.345. The molecule has 6 nitrogen and oxygen atoms in total. The van der Waals surface area contributed by atoms with Gasteiger partial charge in [-0.2, -0.15) is 0 Å². The topological polar surface area (TPSA) is 68.4 Å². The molecule has 2 aromatic carbocycles. The Labute approximate surface area is 205 Å². The van der Waals surface area contributed by atoms with Crippen LogP contribution in [-0.4, -0.2) is 27.3 Å². The van der Waals surface area contributed by atoms with E-state index in [1.165, 1.54) is 6.42 Å². The van der Waals surface area contributed by atoms with E-state index in [1.807, 2.05) is 71.6 Å². The molecule has 0 saturated heterocycles. The Kier molecular flexibility index (Phi) is 5.51. The third-order valence-corrected chi connectivity index (χ3v) is 7.80. The summed E-state index contributed by atoms with van der Waals surface area (Å²) in [7, 11) is 0. The van der Waals surface area contributed by atoms with E-state index in [0.717, 1.165) is 36.2 Å². The van der Waals surface area contributed by atoms with Crippen LogP contribution >= 0.6 is 0 Å². The molecule has 0 bridgehead atoms. The summed E-state index contributed by atoms with van der Waals surface area (Å²) >= 11 is 0. The molecule has 0 radical (unpaired) electrons. The Morgan fingerprint density at radius 2 is 1.86 bits per heavy atom. The standard InChI is InChI=1S/C29H30N4O2/c1-19-8-5-6-13-24(19)33-26-23-14-15-30-28(23)31-17-25(26)32(29(33)35)18-20-9-7-12-22(16-20)27(34)21-10-3-2-4-11-21/h2-4,7,9-12,14-17,19,23-24,28,30H,5-6,8,13,18H2,1H3/t19-,23?,24+,28?/m1/s1. The molecular weight excluding hydrogens is 436 g/mol. The Balaban J connectivity index is 1.41. The first-order chi connectivity index (χ1) is 17.1. The summed E-state index contributed by atoms with van der Waals surface area (Å²) in [6.45, 7) is 2.68. The van der Waals surface area contributed by atoms with Crippen molar-refractivity contribution >= 4 is 12.0 Å². The average molecular weight is 467 g/mol. The van der Waals surface area contributed by atoms with Crippen LogP contribution in [0.4, 0.5) is 0 Å². The normalized spacial score (nSPS) is 24.6. The van der Waals surface area contributed by atoms with Gasteiger partial charge in [-0.15, -0.1) is 0 Å². The molecule has 0 spiro atoms. The summed E-state index contributed by atoms with van der Waals surface area (Å²) in [6.07, 6.45) is 10.5. The second-order valence-electron chi connectivity index (χ2n) is 10.0.